The van der Waals surface area contributed by atoms with Crippen molar-refractivity contribution in [3.8, 4) is 5.75 Å². The summed E-state index contributed by atoms with van der Waals surface area (Å²) in [7, 11) is -2.23. The van der Waals surface area contributed by atoms with E-state index in [0.717, 1.165) is 38.5 Å². The van der Waals surface area contributed by atoms with Crippen LogP contribution in [0.5, 0.6) is 5.75 Å². The molecule has 1 heterocycles. The molecule has 0 radical (unpaired) electrons. The van der Waals surface area contributed by atoms with Crippen molar-refractivity contribution in [3.05, 3.63) is 18.2 Å². The van der Waals surface area contributed by atoms with Crippen LogP contribution < -0.4 is 15.8 Å². The zero-order valence-corrected chi connectivity index (χ0v) is 16.7. The van der Waals surface area contributed by atoms with Gasteiger partial charge in [-0.2, -0.15) is 4.31 Å². The number of hydrogen-bond acceptors (Lipinski definition) is 5. The fourth-order valence-electron chi connectivity index (χ4n) is 3.87. The molecule has 1 amide bonds. The number of ether oxygens (including phenoxy) is 1. The highest BCUT2D eigenvalue weighted by Gasteiger charge is 2.36. The standard InChI is InChI=1S/C19H29N3O4S/c1-26-16-9-8-15(21-18(23)19(20)10-4-2-5-11-19)14-17(16)27(24,25)22-12-6-3-7-13-22/h8-9,14H,2-7,10-13,20H2,1H3,(H,21,23). The van der Waals surface area contributed by atoms with E-state index in [4.69, 9.17) is 10.5 Å². The van der Waals surface area contributed by atoms with Gasteiger partial charge < -0.3 is 15.8 Å². The Morgan fingerprint density at radius 2 is 1.74 bits per heavy atom. The third-order valence-electron chi connectivity index (χ3n) is 5.55. The Balaban J connectivity index is 1.86. The Morgan fingerprint density at radius 3 is 2.37 bits per heavy atom. The van der Waals surface area contributed by atoms with Gasteiger partial charge in [-0.1, -0.05) is 25.7 Å². The Kier molecular flexibility index (Phi) is 6.08. The van der Waals surface area contributed by atoms with Gasteiger partial charge in [-0.3, -0.25) is 4.79 Å². The van der Waals surface area contributed by atoms with E-state index < -0.39 is 15.6 Å². The number of methoxy groups -OCH3 is 1. The molecule has 1 aromatic carbocycles. The van der Waals surface area contributed by atoms with Crippen molar-refractivity contribution in [2.45, 2.75) is 61.8 Å². The summed E-state index contributed by atoms with van der Waals surface area (Å²) in [4.78, 5) is 12.8. The first-order valence-electron chi connectivity index (χ1n) is 9.65. The number of carbonyl (C=O) groups is 1. The van der Waals surface area contributed by atoms with Gasteiger partial charge in [0.2, 0.25) is 15.9 Å². The van der Waals surface area contributed by atoms with Crippen molar-refractivity contribution in [1.82, 2.24) is 4.31 Å². The van der Waals surface area contributed by atoms with Crippen molar-refractivity contribution in [2.75, 3.05) is 25.5 Å². The molecular weight excluding hydrogens is 366 g/mol. The van der Waals surface area contributed by atoms with Gasteiger partial charge in [0.05, 0.1) is 12.6 Å². The van der Waals surface area contributed by atoms with Crippen molar-refractivity contribution >= 4 is 21.6 Å². The molecule has 0 bridgehead atoms. The third-order valence-corrected chi connectivity index (χ3v) is 7.47. The number of benzene rings is 1. The largest absolute Gasteiger partial charge is 0.495 e. The molecule has 27 heavy (non-hydrogen) atoms. The van der Waals surface area contributed by atoms with Crippen molar-refractivity contribution in [1.29, 1.82) is 0 Å². The van der Waals surface area contributed by atoms with Crippen LogP contribution in [0.1, 0.15) is 51.4 Å². The van der Waals surface area contributed by atoms with E-state index in [9.17, 15) is 13.2 Å². The minimum atomic E-state index is -3.68. The summed E-state index contributed by atoms with van der Waals surface area (Å²) in [5, 5.41) is 2.82. The number of piperidine rings is 1. The molecule has 0 aromatic heterocycles. The van der Waals surface area contributed by atoms with Crippen molar-refractivity contribution in [2.24, 2.45) is 5.73 Å². The zero-order chi connectivity index (χ0) is 19.5. The fraction of sp³-hybridized carbons (Fsp3) is 0.632. The SMILES string of the molecule is COc1ccc(NC(=O)C2(N)CCCCC2)cc1S(=O)(=O)N1CCCCC1. The molecule has 1 saturated carbocycles. The average molecular weight is 396 g/mol. The zero-order valence-electron chi connectivity index (χ0n) is 15.9. The van der Waals surface area contributed by atoms with Gasteiger partial charge in [-0.15, -0.1) is 0 Å². The highest BCUT2D eigenvalue weighted by atomic mass is 32.2. The van der Waals surface area contributed by atoms with E-state index in [2.05, 4.69) is 5.32 Å². The second kappa shape index (κ2) is 8.16. The van der Waals surface area contributed by atoms with Crippen LogP contribution in [0.15, 0.2) is 23.1 Å². The van der Waals surface area contributed by atoms with Gasteiger partial charge in [0, 0.05) is 18.8 Å². The number of rotatable bonds is 5. The highest BCUT2D eigenvalue weighted by molar-refractivity contribution is 7.89. The van der Waals surface area contributed by atoms with Gasteiger partial charge >= 0.3 is 0 Å². The molecule has 0 atom stereocenters. The quantitative estimate of drug-likeness (QED) is 0.797. The van der Waals surface area contributed by atoms with E-state index in [1.807, 2.05) is 0 Å². The number of nitrogens with one attached hydrogen (secondary N) is 1. The second-order valence-corrected chi connectivity index (χ2v) is 9.41. The predicted octanol–water partition coefficient (Wildman–Crippen LogP) is 2.47. The monoisotopic (exact) mass is 395 g/mol. The molecule has 2 fully saturated rings. The molecule has 0 spiro atoms. The number of nitrogens with zero attached hydrogens (tertiary/aromatic N) is 1. The summed E-state index contributed by atoms with van der Waals surface area (Å²) >= 11 is 0. The van der Waals surface area contributed by atoms with Gasteiger partial charge in [0.25, 0.3) is 0 Å². The topological polar surface area (TPSA) is 102 Å². The van der Waals surface area contributed by atoms with E-state index in [-0.39, 0.29) is 16.6 Å². The number of nitrogens with two attached hydrogens (primary N) is 1. The van der Waals surface area contributed by atoms with Crippen LogP contribution in [-0.4, -0.2) is 44.4 Å². The van der Waals surface area contributed by atoms with Crippen LogP contribution in [0.3, 0.4) is 0 Å². The maximum absolute atomic E-state index is 13.1. The van der Waals surface area contributed by atoms with Crippen LogP contribution in [-0.2, 0) is 14.8 Å². The number of amides is 1. The van der Waals surface area contributed by atoms with Crippen LogP contribution in [0.25, 0.3) is 0 Å². The van der Waals surface area contributed by atoms with Crippen LogP contribution >= 0.6 is 0 Å². The summed E-state index contributed by atoms with van der Waals surface area (Å²) in [6.45, 7) is 1.02. The number of carbonyl (C=O) groups excluding carboxylic acids is 1. The van der Waals surface area contributed by atoms with Gasteiger partial charge in [-0.25, -0.2) is 8.42 Å². The summed E-state index contributed by atoms with van der Waals surface area (Å²) in [6, 6.07) is 4.71. The fourth-order valence-corrected chi connectivity index (χ4v) is 5.56. The first-order chi connectivity index (χ1) is 12.9. The van der Waals surface area contributed by atoms with Crippen LogP contribution in [0.4, 0.5) is 5.69 Å². The molecule has 7 nitrogen and oxygen atoms in total. The molecule has 8 heteroatoms. The summed E-state index contributed by atoms with van der Waals surface area (Å²) < 4.78 is 32.9. The summed E-state index contributed by atoms with van der Waals surface area (Å²) in [6.07, 6.45) is 7.00. The van der Waals surface area contributed by atoms with Crippen LogP contribution in [0, 0.1) is 0 Å². The summed E-state index contributed by atoms with van der Waals surface area (Å²) in [5.74, 6) is 0.0207. The van der Waals surface area contributed by atoms with Crippen molar-refractivity contribution < 1.29 is 17.9 Å². The van der Waals surface area contributed by atoms with Crippen molar-refractivity contribution in [3.63, 3.8) is 0 Å². The first-order valence-corrected chi connectivity index (χ1v) is 11.1. The number of hydrogen-bond donors (Lipinski definition) is 2. The summed E-state index contributed by atoms with van der Waals surface area (Å²) in [5.41, 5.74) is 5.82. The third kappa shape index (κ3) is 4.28. The van der Waals surface area contributed by atoms with Gasteiger partial charge in [0.1, 0.15) is 10.6 Å². The molecular formula is C19H29N3O4S. The minimum Gasteiger partial charge on any atom is -0.495 e. The Labute approximate surface area is 161 Å². The molecule has 2 aliphatic rings. The second-order valence-electron chi connectivity index (χ2n) is 7.50. The normalized spacial score (nSPS) is 20.8. The lowest BCUT2D eigenvalue weighted by molar-refractivity contribution is -0.122. The Bertz CT molecular complexity index is 782. The highest BCUT2D eigenvalue weighted by Crippen LogP contribution is 2.32. The molecule has 150 valence electrons. The van der Waals surface area contributed by atoms with Gasteiger partial charge in [0.15, 0.2) is 0 Å². The Morgan fingerprint density at radius 1 is 1.11 bits per heavy atom. The van der Waals surface area contributed by atoms with E-state index in [1.165, 1.54) is 17.5 Å². The number of anilines is 1. The average Bonchev–Trinajstić information content (AvgIpc) is 2.69. The van der Waals surface area contributed by atoms with Gasteiger partial charge in [-0.05, 0) is 43.9 Å². The maximum Gasteiger partial charge on any atom is 0.246 e. The molecule has 0 unspecified atom stereocenters. The molecule has 1 aromatic rings. The molecule has 1 saturated heterocycles. The first kappa shape index (κ1) is 20.1. The lowest BCUT2D eigenvalue weighted by Gasteiger charge is -2.32. The van der Waals surface area contributed by atoms with E-state index >= 15 is 0 Å². The molecule has 3 N–H and O–H groups in total. The predicted molar refractivity (Wildman–Crippen MR) is 104 cm³/mol. The minimum absolute atomic E-state index is 0.0828. The van der Waals surface area contributed by atoms with Crippen LogP contribution in [0.2, 0.25) is 0 Å². The molecule has 3 rings (SSSR count). The lowest BCUT2D eigenvalue weighted by atomic mass is 9.82. The molecule has 1 aliphatic heterocycles. The lowest BCUT2D eigenvalue weighted by Crippen LogP contribution is -2.52. The number of sulfonamides is 1. The van der Waals surface area contributed by atoms with E-state index in [0.29, 0.717) is 31.6 Å². The smallest absolute Gasteiger partial charge is 0.246 e. The Hall–Kier alpha value is -1.64. The maximum atomic E-state index is 13.1. The van der Waals surface area contributed by atoms with E-state index in [1.54, 1.807) is 12.1 Å². The molecule has 1 aliphatic carbocycles.